The molecule has 1 aromatic carbocycles. The summed E-state index contributed by atoms with van der Waals surface area (Å²) in [6, 6.07) is 4.29. The standard InChI is InChI=1S/C17H28N4O4/c22-13-20-10-4-9-18-7-1-2-8-19-11-12-21-17(25)14-5-3-6-15(23)16(14)24/h3,5-6,13,18-19,23-24H,1-2,4,7-12H2,(H,20,22)(H,21,25). The Bertz CT molecular complexity index is 525. The van der Waals surface area contributed by atoms with Gasteiger partial charge in [0.2, 0.25) is 6.41 Å². The Balaban J connectivity index is 1.96. The molecule has 25 heavy (non-hydrogen) atoms. The molecule has 0 saturated carbocycles. The van der Waals surface area contributed by atoms with Gasteiger partial charge < -0.3 is 31.5 Å². The number of para-hydroxylation sites is 1. The highest BCUT2D eigenvalue weighted by Crippen LogP contribution is 2.27. The quantitative estimate of drug-likeness (QED) is 0.158. The number of rotatable bonds is 14. The van der Waals surface area contributed by atoms with Gasteiger partial charge in [-0.15, -0.1) is 0 Å². The monoisotopic (exact) mass is 352 g/mol. The summed E-state index contributed by atoms with van der Waals surface area (Å²) >= 11 is 0. The molecule has 6 N–H and O–H groups in total. The first-order chi connectivity index (χ1) is 12.2. The molecule has 1 aromatic rings. The van der Waals surface area contributed by atoms with Crippen LogP contribution in [0.2, 0.25) is 0 Å². The third kappa shape index (κ3) is 8.92. The maximum absolute atomic E-state index is 11.9. The van der Waals surface area contributed by atoms with E-state index < -0.39 is 11.7 Å². The maximum Gasteiger partial charge on any atom is 0.255 e. The van der Waals surface area contributed by atoms with Gasteiger partial charge in [-0.25, -0.2) is 0 Å². The molecular weight excluding hydrogens is 324 g/mol. The summed E-state index contributed by atoms with van der Waals surface area (Å²) in [6.45, 7) is 4.47. The van der Waals surface area contributed by atoms with Gasteiger partial charge in [-0.3, -0.25) is 9.59 Å². The Morgan fingerprint density at radius 2 is 1.60 bits per heavy atom. The van der Waals surface area contributed by atoms with E-state index in [0.717, 1.165) is 38.9 Å². The van der Waals surface area contributed by atoms with E-state index in [4.69, 9.17) is 0 Å². The van der Waals surface area contributed by atoms with Gasteiger partial charge in [0.05, 0.1) is 5.56 Å². The first-order valence-electron chi connectivity index (χ1n) is 8.54. The predicted molar refractivity (Wildman–Crippen MR) is 95.8 cm³/mol. The van der Waals surface area contributed by atoms with Crippen molar-refractivity contribution < 1.29 is 19.8 Å². The lowest BCUT2D eigenvalue weighted by atomic mass is 10.1. The SMILES string of the molecule is O=CNCCCNCCCCNCCNC(=O)c1cccc(O)c1O. The molecule has 0 aliphatic heterocycles. The van der Waals surface area contributed by atoms with Crippen LogP contribution in [0.5, 0.6) is 11.5 Å². The van der Waals surface area contributed by atoms with Crippen molar-refractivity contribution in [2.45, 2.75) is 19.3 Å². The lowest BCUT2D eigenvalue weighted by Gasteiger charge is -2.09. The van der Waals surface area contributed by atoms with Crippen molar-refractivity contribution in [3.8, 4) is 11.5 Å². The van der Waals surface area contributed by atoms with Crippen molar-refractivity contribution >= 4 is 12.3 Å². The smallest absolute Gasteiger partial charge is 0.255 e. The highest BCUT2D eigenvalue weighted by atomic mass is 16.3. The number of hydrogen-bond donors (Lipinski definition) is 6. The van der Waals surface area contributed by atoms with Gasteiger partial charge in [0.25, 0.3) is 5.91 Å². The summed E-state index contributed by atoms with van der Waals surface area (Å²) in [5, 5.41) is 30.8. The van der Waals surface area contributed by atoms with E-state index in [9.17, 15) is 19.8 Å². The van der Waals surface area contributed by atoms with E-state index in [-0.39, 0.29) is 11.3 Å². The zero-order valence-corrected chi connectivity index (χ0v) is 14.4. The summed E-state index contributed by atoms with van der Waals surface area (Å²) in [5.74, 6) is -1.12. The Kier molecular flexibility index (Phi) is 10.8. The second-order valence-corrected chi connectivity index (χ2v) is 5.56. The van der Waals surface area contributed by atoms with Gasteiger partial charge in [-0.05, 0) is 51.0 Å². The molecular formula is C17H28N4O4. The van der Waals surface area contributed by atoms with Crippen LogP contribution in [-0.4, -0.2) is 61.8 Å². The number of benzene rings is 1. The molecule has 0 heterocycles. The van der Waals surface area contributed by atoms with Crippen molar-refractivity contribution in [3.63, 3.8) is 0 Å². The maximum atomic E-state index is 11.9. The number of unbranched alkanes of at least 4 members (excludes halogenated alkanes) is 1. The van der Waals surface area contributed by atoms with Crippen molar-refractivity contribution in [1.82, 2.24) is 21.3 Å². The topological polar surface area (TPSA) is 123 Å². The number of amides is 2. The third-order valence-corrected chi connectivity index (χ3v) is 3.56. The molecule has 0 bridgehead atoms. The number of carbonyl (C=O) groups excluding carboxylic acids is 2. The first-order valence-corrected chi connectivity index (χ1v) is 8.54. The molecule has 0 saturated heterocycles. The van der Waals surface area contributed by atoms with Crippen LogP contribution >= 0.6 is 0 Å². The second-order valence-electron chi connectivity index (χ2n) is 5.56. The van der Waals surface area contributed by atoms with Crippen molar-refractivity contribution in [1.29, 1.82) is 0 Å². The number of phenols is 2. The molecule has 0 atom stereocenters. The number of aromatic hydroxyl groups is 2. The largest absolute Gasteiger partial charge is 0.504 e. The lowest BCUT2D eigenvalue weighted by molar-refractivity contribution is -0.109. The minimum Gasteiger partial charge on any atom is -0.504 e. The lowest BCUT2D eigenvalue weighted by Crippen LogP contribution is -2.32. The van der Waals surface area contributed by atoms with Crippen molar-refractivity contribution in [2.24, 2.45) is 0 Å². The predicted octanol–water partition coefficient (Wildman–Crippen LogP) is -0.0769. The molecule has 0 unspecified atom stereocenters. The highest BCUT2D eigenvalue weighted by molar-refractivity contribution is 5.97. The number of nitrogens with one attached hydrogen (secondary N) is 4. The summed E-state index contributed by atoms with van der Waals surface area (Å²) in [4.78, 5) is 21.9. The zero-order chi connectivity index (χ0) is 18.3. The fraction of sp³-hybridized carbons (Fsp3) is 0.529. The van der Waals surface area contributed by atoms with Crippen molar-refractivity contribution in [2.75, 3.05) is 39.3 Å². The molecule has 8 nitrogen and oxygen atoms in total. The van der Waals surface area contributed by atoms with Crippen LogP contribution in [0.3, 0.4) is 0 Å². The molecule has 0 radical (unpaired) electrons. The highest BCUT2D eigenvalue weighted by Gasteiger charge is 2.12. The first kappa shape index (κ1) is 20.7. The Hall–Kier alpha value is -2.32. The number of hydrogen-bond acceptors (Lipinski definition) is 6. The van der Waals surface area contributed by atoms with Crippen LogP contribution in [0.1, 0.15) is 29.6 Å². The summed E-state index contributed by atoms with van der Waals surface area (Å²) in [7, 11) is 0. The molecule has 0 fully saturated rings. The summed E-state index contributed by atoms with van der Waals surface area (Å²) in [5.41, 5.74) is 0.0643. The van der Waals surface area contributed by atoms with E-state index >= 15 is 0 Å². The Morgan fingerprint density at radius 3 is 2.32 bits per heavy atom. The molecule has 0 aliphatic rings. The van der Waals surface area contributed by atoms with E-state index in [1.165, 1.54) is 18.2 Å². The molecule has 2 amide bonds. The van der Waals surface area contributed by atoms with Crippen LogP contribution in [0.25, 0.3) is 0 Å². The number of phenolic OH excluding ortho intramolecular Hbond substituents is 2. The van der Waals surface area contributed by atoms with Crippen molar-refractivity contribution in [3.05, 3.63) is 23.8 Å². The van der Waals surface area contributed by atoms with Gasteiger partial charge in [-0.1, -0.05) is 6.07 Å². The second kappa shape index (κ2) is 13.0. The van der Waals surface area contributed by atoms with Gasteiger partial charge in [0.15, 0.2) is 11.5 Å². The molecule has 0 aromatic heterocycles. The van der Waals surface area contributed by atoms with Crippen LogP contribution in [-0.2, 0) is 4.79 Å². The van der Waals surface area contributed by atoms with E-state index in [1.807, 2.05) is 0 Å². The Morgan fingerprint density at radius 1 is 0.920 bits per heavy atom. The van der Waals surface area contributed by atoms with Crippen LogP contribution < -0.4 is 21.3 Å². The van der Waals surface area contributed by atoms with Gasteiger partial charge in [0.1, 0.15) is 0 Å². The van der Waals surface area contributed by atoms with Gasteiger partial charge >= 0.3 is 0 Å². The molecule has 8 heteroatoms. The van der Waals surface area contributed by atoms with Crippen LogP contribution in [0.15, 0.2) is 18.2 Å². The average molecular weight is 352 g/mol. The van der Waals surface area contributed by atoms with Crippen LogP contribution in [0.4, 0.5) is 0 Å². The zero-order valence-electron chi connectivity index (χ0n) is 14.4. The fourth-order valence-corrected chi connectivity index (χ4v) is 2.20. The minimum absolute atomic E-state index is 0.0643. The molecule has 0 spiro atoms. The molecule has 1 rings (SSSR count). The number of carbonyl (C=O) groups is 2. The van der Waals surface area contributed by atoms with Crippen LogP contribution in [0, 0.1) is 0 Å². The summed E-state index contributed by atoms with van der Waals surface area (Å²) in [6.07, 6.45) is 3.71. The Labute approximate surface area is 148 Å². The third-order valence-electron chi connectivity index (χ3n) is 3.56. The molecule has 140 valence electrons. The average Bonchev–Trinajstić information content (AvgIpc) is 2.61. The summed E-state index contributed by atoms with van der Waals surface area (Å²) < 4.78 is 0. The fourth-order valence-electron chi connectivity index (χ4n) is 2.20. The van der Waals surface area contributed by atoms with E-state index in [0.29, 0.717) is 26.0 Å². The van der Waals surface area contributed by atoms with Gasteiger partial charge in [0, 0.05) is 19.6 Å². The van der Waals surface area contributed by atoms with Gasteiger partial charge in [-0.2, -0.15) is 0 Å². The van der Waals surface area contributed by atoms with E-state index in [2.05, 4.69) is 21.3 Å². The minimum atomic E-state index is -0.413. The van der Waals surface area contributed by atoms with E-state index in [1.54, 1.807) is 0 Å². The normalized spacial score (nSPS) is 10.4. The molecule has 0 aliphatic carbocycles.